The molecule has 8 N–H and O–H groups in total. The van der Waals surface area contributed by atoms with Crippen LogP contribution in [0.3, 0.4) is 0 Å². The second-order valence-electron chi connectivity index (χ2n) is 25.1. The van der Waals surface area contributed by atoms with Crippen LogP contribution >= 0.6 is 127 Å². The standard InChI is InChI=1S/4C20H10Br2O5.Zr/c4*21-15-13(23)7-5-11-17(15)26-18-12(6-8-14(24)16(18)22)20(11)10-4-2-1-3-9(10)19(25)27-20;/h4*1-8,23-24H;. The number of phenols is 8. The molecule has 0 aromatic heterocycles. The predicted molar refractivity (Wildman–Crippen MR) is 414 cm³/mol. The van der Waals surface area contributed by atoms with Crippen LogP contribution < -0.4 is 18.9 Å². The molecule has 0 atom stereocenters. The van der Waals surface area contributed by atoms with Gasteiger partial charge in [-0.05, 0) is 249 Å². The van der Waals surface area contributed by atoms with Crippen molar-refractivity contribution < 1.29 is 124 Å². The second-order valence-corrected chi connectivity index (χ2v) is 31.4. The molecule has 4 spiro atoms. The van der Waals surface area contributed by atoms with E-state index in [9.17, 15) is 60.0 Å². The summed E-state index contributed by atoms with van der Waals surface area (Å²) in [6.07, 6.45) is 0. The van der Waals surface area contributed by atoms with Gasteiger partial charge >= 0.3 is 23.9 Å². The van der Waals surface area contributed by atoms with Crippen LogP contribution in [0.1, 0.15) is 108 Å². The Balaban J connectivity index is 0.000000110. The van der Waals surface area contributed by atoms with Crippen LogP contribution in [-0.2, 0) is 67.6 Å². The van der Waals surface area contributed by atoms with Crippen LogP contribution in [0.15, 0.2) is 230 Å². The zero-order chi connectivity index (χ0) is 75.7. The molecule has 20 nitrogen and oxygen atoms in total. The van der Waals surface area contributed by atoms with Crippen LogP contribution in [-0.4, -0.2) is 64.7 Å². The first-order chi connectivity index (χ1) is 51.8. The number of halogens is 8. The summed E-state index contributed by atoms with van der Waals surface area (Å²) in [5, 5.41) is 81.0. The Morgan fingerprint density at radius 2 is 0.339 bits per heavy atom. The van der Waals surface area contributed by atoms with Crippen molar-refractivity contribution in [3.8, 4) is 92.0 Å². The van der Waals surface area contributed by atoms with E-state index >= 15 is 0 Å². The Morgan fingerprint density at radius 1 is 0.202 bits per heavy atom. The van der Waals surface area contributed by atoms with Crippen LogP contribution in [0.5, 0.6) is 92.0 Å². The van der Waals surface area contributed by atoms with Gasteiger partial charge in [-0.1, -0.05) is 72.8 Å². The largest absolute Gasteiger partial charge is 0.507 e. The molecular formula is C80H40Br8O20Zr. The van der Waals surface area contributed by atoms with E-state index in [1.54, 1.807) is 97.1 Å². The first kappa shape index (κ1) is 74.0. The Hall–Kier alpha value is -9.16. The molecule has 0 fully saturated rings. The van der Waals surface area contributed by atoms with Gasteiger partial charge in [0, 0.05) is 93.0 Å². The van der Waals surface area contributed by atoms with E-state index in [1.165, 1.54) is 48.5 Å². The SMILES string of the molecule is O=C1OC2(c3ccccc31)c1ccc(O)c(Br)c1Oc1c2ccc(O)c1Br.O=C1OC2(c3ccccc31)c1ccc(O)c(Br)c1Oc1c2ccc(O)c1Br.O=C1OC2(c3ccccc31)c1ccc(O)c(Br)c1Oc1c2ccc(O)c1Br.O=C1OC2(c3ccccc31)c1ccc(O)c(Br)c1Oc1c2ccc(O)c1Br.[Zr]. The monoisotopic (exact) mass is 2040 g/mol. The minimum atomic E-state index is -1.25. The minimum Gasteiger partial charge on any atom is -0.507 e. The van der Waals surface area contributed by atoms with Crippen molar-refractivity contribution in [2.24, 2.45) is 0 Å². The molecule has 29 heteroatoms. The fourth-order valence-electron chi connectivity index (χ4n) is 14.8. The number of hydrogen-bond donors (Lipinski definition) is 8. The number of fused-ring (bicyclic) bond motifs is 24. The summed E-state index contributed by atoms with van der Waals surface area (Å²) >= 11 is 26.8. The molecule has 0 saturated carbocycles. The third-order valence-corrected chi connectivity index (χ3v) is 25.7. The third-order valence-electron chi connectivity index (χ3n) is 19.6. The van der Waals surface area contributed by atoms with Crippen LogP contribution in [0.25, 0.3) is 0 Å². The summed E-state index contributed by atoms with van der Waals surface area (Å²) in [5.74, 6) is 0.655. The van der Waals surface area contributed by atoms with Gasteiger partial charge in [-0.3, -0.25) is 0 Å². The zero-order valence-electron chi connectivity index (χ0n) is 54.5. The molecule has 8 aliphatic heterocycles. The third kappa shape index (κ3) is 10.7. The molecule has 12 aromatic rings. The van der Waals surface area contributed by atoms with E-state index in [4.69, 9.17) is 37.9 Å². The number of carbonyl (C=O) groups is 4. The number of carbonyl (C=O) groups excluding carboxylic acids is 4. The zero-order valence-corrected chi connectivity index (χ0v) is 69.6. The van der Waals surface area contributed by atoms with Crippen molar-refractivity contribution in [1.82, 2.24) is 0 Å². The van der Waals surface area contributed by atoms with Gasteiger partial charge in [0.1, 0.15) is 81.8 Å². The molecule has 0 radical (unpaired) electrons. The van der Waals surface area contributed by atoms with E-state index in [1.807, 2.05) is 48.5 Å². The molecule has 0 aliphatic carbocycles. The summed E-state index contributed by atoms with van der Waals surface area (Å²) < 4.78 is 50.7. The van der Waals surface area contributed by atoms with E-state index in [2.05, 4.69) is 127 Å². The summed E-state index contributed by atoms with van der Waals surface area (Å²) in [6.45, 7) is 0. The number of benzene rings is 12. The number of aromatic hydroxyl groups is 8. The molecule has 109 heavy (non-hydrogen) atoms. The van der Waals surface area contributed by atoms with Gasteiger partial charge in [-0.2, -0.15) is 0 Å². The molecule has 20 rings (SSSR count). The van der Waals surface area contributed by atoms with E-state index in [0.29, 0.717) is 171 Å². The van der Waals surface area contributed by atoms with Gasteiger partial charge in [0.25, 0.3) is 0 Å². The smallest absolute Gasteiger partial charge is 0.340 e. The van der Waals surface area contributed by atoms with Crippen molar-refractivity contribution in [3.05, 3.63) is 319 Å². The Bertz CT molecular complexity index is 5130. The molecule has 12 aromatic carbocycles. The van der Waals surface area contributed by atoms with Gasteiger partial charge in [0.05, 0.1) is 22.3 Å². The normalized spacial score (nSPS) is 15.4. The number of phenolic OH excluding ortho intramolecular Hbond substituents is 8. The van der Waals surface area contributed by atoms with Gasteiger partial charge in [-0.15, -0.1) is 0 Å². The molecule has 8 heterocycles. The maximum absolute atomic E-state index is 12.7. The van der Waals surface area contributed by atoms with E-state index in [0.717, 1.165) is 0 Å². The topological polar surface area (TPSA) is 304 Å². The Kier molecular flexibility index (Phi) is 18.4. The summed E-state index contributed by atoms with van der Waals surface area (Å²) in [6, 6.07) is 54.2. The van der Waals surface area contributed by atoms with Gasteiger partial charge in [0.2, 0.25) is 0 Å². The molecule has 0 saturated heterocycles. The maximum atomic E-state index is 12.7. The second kappa shape index (κ2) is 27.1. The van der Waals surface area contributed by atoms with E-state index in [-0.39, 0.29) is 72.2 Å². The van der Waals surface area contributed by atoms with E-state index < -0.39 is 46.3 Å². The molecule has 0 bridgehead atoms. The van der Waals surface area contributed by atoms with Crippen molar-refractivity contribution in [1.29, 1.82) is 0 Å². The molecule has 0 amide bonds. The quantitative estimate of drug-likeness (QED) is 0.0517. The van der Waals surface area contributed by atoms with Gasteiger partial charge < -0.3 is 78.7 Å². The first-order valence-corrected chi connectivity index (χ1v) is 38.3. The first-order valence-electron chi connectivity index (χ1n) is 32.0. The van der Waals surface area contributed by atoms with Crippen molar-refractivity contribution in [3.63, 3.8) is 0 Å². The summed E-state index contributed by atoms with van der Waals surface area (Å²) in [5.41, 5.74) is 4.20. The van der Waals surface area contributed by atoms with Gasteiger partial charge in [-0.25, -0.2) is 19.2 Å². The van der Waals surface area contributed by atoms with Crippen LogP contribution in [0.4, 0.5) is 0 Å². The molecule has 540 valence electrons. The Morgan fingerprint density at radius 3 is 0.486 bits per heavy atom. The number of esters is 4. The van der Waals surface area contributed by atoms with Gasteiger partial charge in [0.15, 0.2) is 68.4 Å². The summed E-state index contributed by atoms with van der Waals surface area (Å²) in [7, 11) is 0. The van der Waals surface area contributed by atoms with Crippen molar-refractivity contribution in [2.75, 3.05) is 0 Å². The fourth-order valence-corrected chi connectivity index (χ4v) is 18.3. The minimum absolute atomic E-state index is 0. The van der Waals surface area contributed by atoms with Crippen molar-refractivity contribution in [2.45, 2.75) is 22.4 Å². The average molecular weight is 2050 g/mol. The van der Waals surface area contributed by atoms with Crippen LogP contribution in [0, 0.1) is 0 Å². The Labute approximate surface area is 701 Å². The predicted octanol–water partition coefficient (Wildman–Crippen LogP) is 20.8. The average Bonchev–Trinajstić information content (AvgIpc) is 1.61. The number of ether oxygens (including phenoxy) is 8. The molecule has 0 unspecified atom stereocenters. The van der Waals surface area contributed by atoms with Crippen molar-refractivity contribution >= 4 is 151 Å². The maximum Gasteiger partial charge on any atom is 0.340 e. The number of hydrogen-bond acceptors (Lipinski definition) is 20. The van der Waals surface area contributed by atoms with Crippen LogP contribution in [0.2, 0.25) is 0 Å². The molecular weight excluding hydrogens is 2010 g/mol. The summed E-state index contributed by atoms with van der Waals surface area (Å²) in [4.78, 5) is 50.7. The number of rotatable bonds is 0. The molecule has 8 aliphatic rings. The fraction of sp³-hybridized carbons (Fsp3) is 0.0500.